The predicted molar refractivity (Wildman–Crippen MR) is 85.9 cm³/mol. The van der Waals surface area contributed by atoms with Crippen LogP contribution >= 0.6 is 0 Å². The van der Waals surface area contributed by atoms with Crippen molar-refractivity contribution in [2.45, 2.75) is 20.0 Å². The van der Waals surface area contributed by atoms with Crippen LogP contribution in [0.15, 0.2) is 0 Å². The molecule has 126 valence electrons. The summed E-state index contributed by atoms with van der Waals surface area (Å²) in [5.74, 6) is 1.92. The van der Waals surface area contributed by atoms with Crippen LogP contribution in [0.2, 0.25) is 0 Å². The van der Waals surface area contributed by atoms with Crippen molar-refractivity contribution in [3.63, 3.8) is 0 Å². The van der Waals surface area contributed by atoms with Crippen LogP contribution in [-0.2, 0) is 14.3 Å². The Morgan fingerprint density at radius 2 is 1.38 bits per heavy atom. The third kappa shape index (κ3) is 8.73. The summed E-state index contributed by atoms with van der Waals surface area (Å²) >= 11 is 0. The van der Waals surface area contributed by atoms with Crippen LogP contribution in [0.3, 0.4) is 0 Å². The van der Waals surface area contributed by atoms with E-state index in [1.165, 1.54) is 26.2 Å². The molecule has 3 saturated heterocycles. The summed E-state index contributed by atoms with van der Waals surface area (Å²) in [6, 6.07) is 0. The van der Waals surface area contributed by atoms with Crippen LogP contribution in [0.1, 0.15) is 13.8 Å². The minimum absolute atomic E-state index is 0.111. The fourth-order valence-electron chi connectivity index (χ4n) is 2.39. The lowest BCUT2D eigenvalue weighted by Crippen LogP contribution is -2.50. The maximum absolute atomic E-state index is 10.5. The van der Waals surface area contributed by atoms with Gasteiger partial charge in [-0.2, -0.15) is 8.42 Å². The van der Waals surface area contributed by atoms with E-state index in [-0.39, 0.29) is 6.10 Å². The molecule has 0 radical (unpaired) electrons. The minimum Gasteiger partial charge on any atom is -0.316 e. The summed E-state index contributed by atoms with van der Waals surface area (Å²) in [4.78, 5) is 4.32. The van der Waals surface area contributed by atoms with Gasteiger partial charge in [-0.3, -0.25) is 4.18 Å². The lowest BCUT2D eigenvalue weighted by atomic mass is 10.1. The summed E-state index contributed by atoms with van der Waals surface area (Å²) in [6.07, 6.45) is 0.964. The first-order valence-electron chi connectivity index (χ1n) is 7.61. The Morgan fingerprint density at radius 1 is 0.952 bits per heavy atom. The molecule has 6 nitrogen and oxygen atoms in total. The van der Waals surface area contributed by atoms with Gasteiger partial charge in [0.15, 0.2) is 0 Å². The Kier molecular flexibility index (Phi) is 7.56. The maximum Gasteiger partial charge on any atom is 0.264 e. The molecular weight excluding hydrogens is 290 g/mol. The van der Waals surface area contributed by atoms with E-state index in [0.717, 1.165) is 18.1 Å². The summed E-state index contributed by atoms with van der Waals surface area (Å²) in [7, 11) is 0.837. The Balaban J connectivity index is 0.000000170. The topological polar surface area (TPSA) is 61.9 Å². The van der Waals surface area contributed by atoms with Gasteiger partial charge in [0.2, 0.25) is 0 Å². The molecule has 0 aromatic heterocycles. The van der Waals surface area contributed by atoms with Crippen molar-refractivity contribution in [3.8, 4) is 0 Å². The molecule has 0 bridgehead atoms. The third-order valence-electron chi connectivity index (χ3n) is 3.57. The van der Waals surface area contributed by atoms with Crippen molar-refractivity contribution < 1.29 is 12.6 Å². The molecule has 3 rings (SSSR count). The Morgan fingerprint density at radius 3 is 1.52 bits per heavy atom. The number of nitrogens with one attached hydrogen (secondary N) is 1. The molecule has 0 unspecified atom stereocenters. The number of likely N-dealkylation sites (N-methyl/N-ethyl adjacent to an activating group) is 1. The van der Waals surface area contributed by atoms with Gasteiger partial charge in [0, 0.05) is 26.2 Å². The van der Waals surface area contributed by atoms with Crippen molar-refractivity contribution in [2.24, 2.45) is 11.8 Å². The van der Waals surface area contributed by atoms with Crippen LogP contribution in [0.4, 0.5) is 0 Å². The lowest BCUT2D eigenvalue weighted by Gasteiger charge is -2.34. The fourth-order valence-corrected chi connectivity index (χ4v) is 3.01. The van der Waals surface area contributed by atoms with E-state index in [0.29, 0.717) is 13.1 Å². The van der Waals surface area contributed by atoms with E-state index < -0.39 is 10.1 Å². The van der Waals surface area contributed by atoms with Crippen LogP contribution < -0.4 is 5.32 Å². The fraction of sp³-hybridized carbons (Fsp3) is 1.00. The van der Waals surface area contributed by atoms with E-state index in [9.17, 15) is 8.42 Å². The summed E-state index contributed by atoms with van der Waals surface area (Å²) in [5, 5.41) is 3.16. The van der Waals surface area contributed by atoms with Crippen LogP contribution in [0.5, 0.6) is 0 Å². The molecule has 3 aliphatic rings. The number of nitrogens with zero attached hydrogens (tertiary/aromatic N) is 2. The van der Waals surface area contributed by atoms with Crippen molar-refractivity contribution in [3.05, 3.63) is 0 Å². The van der Waals surface area contributed by atoms with Gasteiger partial charge in [0.25, 0.3) is 10.1 Å². The highest BCUT2D eigenvalue weighted by molar-refractivity contribution is 7.86. The van der Waals surface area contributed by atoms with Crippen LogP contribution in [-0.4, -0.2) is 83.9 Å². The molecule has 0 atom stereocenters. The molecule has 0 amide bonds. The van der Waals surface area contributed by atoms with Gasteiger partial charge in [-0.1, -0.05) is 13.8 Å². The smallest absolute Gasteiger partial charge is 0.264 e. The minimum atomic E-state index is -3.23. The second kappa shape index (κ2) is 8.43. The average Bonchev–Trinajstić information content (AvgIpc) is 2.23. The highest BCUT2D eigenvalue weighted by Gasteiger charge is 2.27. The van der Waals surface area contributed by atoms with Gasteiger partial charge < -0.3 is 15.1 Å². The first-order chi connectivity index (χ1) is 9.65. The molecule has 21 heavy (non-hydrogen) atoms. The van der Waals surface area contributed by atoms with Gasteiger partial charge in [-0.05, 0) is 39.0 Å². The zero-order valence-corrected chi connectivity index (χ0v) is 14.8. The Hall–Kier alpha value is -0.210. The predicted octanol–water partition coefficient (Wildman–Crippen LogP) is 0.0702. The van der Waals surface area contributed by atoms with Crippen LogP contribution in [0.25, 0.3) is 0 Å². The summed E-state index contributed by atoms with van der Waals surface area (Å²) in [5.41, 5.74) is 0. The van der Waals surface area contributed by atoms with Crippen molar-refractivity contribution in [2.75, 3.05) is 59.6 Å². The summed E-state index contributed by atoms with van der Waals surface area (Å²) in [6.45, 7) is 11.0. The Labute approximate surface area is 129 Å². The Bertz CT molecular complexity index is 380. The highest BCUT2D eigenvalue weighted by atomic mass is 32.2. The van der Waals surface area contributed by atoms with Gasteiger partial charge in [0.1, 0.15) is 6.10 Å². The molecule has 3 fully saturated rings. The molecule has 0 aliphatic carbocycles. The molecule has 0 aromatic rings. The molecule has 0 aromatic carbocycles. The molecule has 0 spiro atoms. The molecule has 3 heterocycles. The maximum atomic E-state index is 10.5. The normalized spacial score (nSPS) is 24.6. The number of hydrogen-bond acceptors (Lipinski definition) is 6. The zero-order valence-electron chi connectivity index (χ0n) is 14.0. The second-order valence-electron chi connectivity index (χ2n) is 6.73. The number of likely N-dealkylation sites (tertiary alicyclic amines) is 2. The molecule has 7 heteroatoms. The van der Waals surface area contributed by atoms with E-state index in [1.54, 1.807) is 0 Å². The molecule has 3 aliphatic heterocycles. The SMILES string of the molecule is CC1CN(C)C1.CC1CNC1.CN1CC(OS(C)(=O)=O)C1. The molecule has 0 saturated carbocycles. The van der Waals surface area contributed by atoms with E-state index in [2.05, 4.69) is 35.3 Å². The second-order valence-corrected chi connectivity index (χ2v) is 8.33. The highest BCUT2D eigenvalue weighted by Crippen LogP contribution is 2.10. The third-order valence-corrected chi connectivity index (χ3v) is 4.20. The average molecular weight is 321 g/mol. The summed E-state index contributed by atoms with van der Waals surface area (Å²) < 4.78 is 25.7. The molecular formula is C14H31N3O3S. The van der Waals surface area contributed by atoms with Crippen molar-refractivity contribution in [1.29, 1.82) is 0 Å². The van der Waals surface area contributed by atoms with E-state index in [1.807, 2.05) is 11.9 Å². The first-order valence-corrected chi connectivity index (χ1v) is 9.43. The lowest BCUT2D eigenvalue weighted by molar-refractivity contribution is 0.0446. The molecule has 1 N–H and O–H groups in total. The van der Waals surface area contributed by atoms with Gasteiger partial charge in [0.05, 0.1) is 6.26 Å². The van der Waals surface area contributed by atoms with Gasteiger partial charge >= 0.3 is 0 Å². The van der Waals surface area contributed by atoms with Crippen LogP contribution in [0, 0.1) is 11.8 Å². The van der Waals surface area contributed by atoms with E-state index in [4.69, 9.17) is 0 Å². The standard InChI is InChI=1S/C5H11NO3S.C5H11N.C4H9N/c1-6-3-5(4-6)9-10(2,7)8;1-5-3-6(2)4-5;1-4-2-5-3-4/h5H,3-4H2,1-2H3;5H,3-4H2,1-2H3;4-5H,2-3H2,1H3. The van der Waals surface area contributed by atoms with Crippen molar-refractivity contribution >= 4 is 10.1 Å². The first kappa shape index (κ1) is 18.8. The van der Waals surface area contributed by atoms with E-state index >= 15 is 0 Å². The van der Waals surface area contributed by atoms with Gasteiger partial charge in [-0.15, -0.1) is 0 Å². The van der Waals surface area contributed by atoms with Gasteiger partial charge in [-0.25, -0.2) is 0 Å². The monoisotopic (exact) mass is 321 g/mol. The number of hydrogen-bond donors (Lipinski definition) is 1. The van der Waals surface area contributed by atoms with Crippen molar-refractivity contribution in [1.82, 2.24) is 15.1 Å². The largest absolute Gasteiger partial charge is 0.316 e. The quantitative estimate of drug-likeness (QED) is 0.726. The zero-order chi connectivity index (χ0) is 16.0. The number of rotatable bonds is 2.